The average Bonchev–Trinajstić information content (AvgIpc) is 3.26. The van der Waals surface area contributed by atoms with Crippen LogP contribution in [-0.2, 0) is 12.7 Å². The summed E-state index contributed by atoms with van der Waals surface area (Å²) in [5, 5.41) is 1.44. The molecule has 0 spiro atoms. The molecule has 0 radical (unpaired) electrons. The number of hydrogen-bond acceptors (Lipinski definition) is 3. The zero-order chi connectivity index (χ0) is 28.4. The molecule has 0 saturated carbocycles. The molecular weight excluding hydrogens is 392 g/mol. The van der Waals surface area contributed by atoms with Crippen LogP contribution >= 0.6 is 0 Å². The molecule has 0 unspecified atom stereocenters. The van der Waals surface area contributed by atoms with Gasteiger partial charge < -0.3 is 4.42 Å². The highest BCUT2D eigenvalue weighted by Gasteiger charge is 2.17. The number of aromatic nitrogens is 2. The van der Waals surface area contributed by atoms with E-state index in [1.54, 1.807) is 63.2 Å². The van der Waals surface area contributed by atoms with Crippen molar-refractivity contribution in [2.75, 3.05) is 0 Å². The molecule has 0 N–H and O–H groups in total. The topological polar surface area (TPSA) is 38.9 Å². The third-order valence-corrected chi connectivity index (χ3v) is 5.10. The summed E-state index contributed by atoms with van der Waals surface area (Å²) in [6, 6.07) is 19.2. The molecule has 0 amide bonds. The Morgan fingerprint density at radius 1 is 0.969 bits per heavy atom. The minimum absolute atomic E-state index is 0.0598. The van der Waals surface area contributed by atoms with Crippen LogP contribution in [0.25, 0.3) is 33.3 Å². The largest absolute Gasteiger partial charge is 0.437 e. The minimum Gasteiger partial charge on any atom is -0.437 e. The van der Waals surface area contributed by atoms with Gasteiger partial charge in [-0.3, -0.25) is 4.98 Å². The fourth-order valence-corrected chi connectivity index (χ4v) is 3.73. The maximum Gasteiger partial charge on any atom is 0.227 e. The number of hydrogen-bond donors (Lipinski definition) is 0. The van der Waals surface area contributed by atoms with Gasteiger partial charge in [-0.25, -0.2) is 4.98 Å². The first kappa shape index (κ1) is 13.8. The Labute approximate surface area is 199 Å². The molecule has 3 heteroatoms. The molecule has 160 valence electrons. The van der Waals surface area contributed by atoms with Gasteiger partial charge >= 0.3 is 0 Å². The molecule has 5 aromatic rings. The number of fused-ring (bicyclic) bond motifs is 3. The predicted octanol–water partition coefficient (Wildman–Crippen LogP) is 7.53. The van der Waals surface area contributed by atoms with Gasteiger partial charge in [-0.15, -0.1) is 0 Å². The van der Waals surface area contributed by atoms with E-state index in [0.717, 1.165) is 5.39 Å². The van der Waals surface area contributed by atoms with E-state index in [1.807, 2.05) is 18.2 Å². The Morgan fingerprint density at radius 2 is 1.81 bits per heavy atom. The maximum absolute atomic E-state index is 8.82. The minimum atomic E-state index is -2.54. The van der Waals surface area contributed by atoms with E-state index in [2.05, 4.69) is 9.97 Å². The standard InChI is InChI=1S/C29H28N2O/c1-19-18-30-26(16-21(19)17-29(2,3)4)25-12-8-11-23-24-14-13-22(31-28(24)32-27(23)25)15-20-9-6-5-7-10-20/h5-14,16,18H,15,17H2,1-4H3/i1D3,15D2,17D2. The van der Waals surface area contributed by atoms with Crippen LogP contribution in [0.2, 0.25) is 0 Å². The molecule has 0 aliphatic carbocycles. The molecule has 0 fully saturated rings. The highest BCUT2D eigenvalue weighted by atomic mass is 16.3. The molecule has 0 aliphatic rings. The third kappa shape index (κ3) is 4.03. The average molecular weight is 428 g/mol. The van der Waals surface area contributed by atoms with Crippen LogP contribution in [0.15, 0.2) is 77.3 Å². The molecule has 0 aliphatic heterocycles. The van der Waals surface area contributed by atoms with Gasteiger partial charge in [-0.2, -0.15) is 0 Å². The molecule has 0 saturated heterocycles. The smallest absolute Gasteiger partial charge is 0.227 e. The van der Waals surface area contributed by atoms with E-state index < -0.39 is 25.0 Å². The summed E-state index contributed by atoms with van der Waals surface area (Å²) in [7, 11) is 0. The lowest BCUT2D eigenvalue weighted by atomic mass is 9.86. The van der Waals surface area contributed by atoms with E-state index in [1.165, 1.54) is 12.3 Å². The second kappa shape index (κ2) is 7.90. The number of nitrogens with zero attached hydrogens (tertiary/aromatic N) is 2. The summed E-state index contributed by atoms with van der Waals surface area (Å²) < 4.78 is 65.1. The Kier molecular flexibility index (Phi) is 3.42. The van der Waals surface area contributed by atoms with Gasteiger partial charge in [0.05, 0.1) is 5.69 Å². The maximum atomic E-state index is 8.82. The second-order valence-electron chi connectivity index (χ2n) is 8.81. The summed E-state index contributed by atoms with van der Waals surface area (Å²) in [4.78, 5) is 8.96. The second-order valence-corrected chi connectivity index (χ2v) is 8.81. The van der Waals surface area contributed by atoms with Gasteiger partial charge in [0.1, 0.15) is 5.58 Å². The van der Waals surface area contributed by atoms with E-state index in [9.17, 15) is 0 Å². The normalized spacial score (nSPS) is 16.5. The summed E-state index contributed by atoms with van der Waals surface area (Å²) in [6.45, 7) is 2.65. The van der Waals surface area contributed by atoms with Gasteiger partial charge in [-0.05, 0) is 59.6 Å². The van der Waals surface area contributed by atoms with Crippen LogP contribution in [0.4, 0.5) is 0 Å². The van der Waals surface area contributed by atoms with Crippen LogP contribution in [0, 0.1) is 12.3 Å². The molecule has 32 heavy (non-hydrogen) atoms. The van der Waals surface area contributed by atoms with Gasteiger partial charge in [0.2, 0.25) is 5.71 Å². The van der Waals surface area contributed by atoms with Crippen LogP contribution in [0.1, 0.15) is 52.8 Å². The number of aryl methyl sites for hydroxylation is 1. The number of benzene rings is 2. The van der Waals surface area contributed by atoms with Gasteiger partial charge in [0, 0.05) is 44.2 Å². The molecule has 3 nitrogen and oxygen atoms in total. The van der Waals surface area contributed by atoms with Crippen molar-refractivity contribution in [2.24, 2.45) is 5.41 Å². The zero-order valence-corrected chi connectivity index (χ0v) is 18.2. The van der Waals surface area contributed by atoms with Crippen molar-refractivity contribution in [1.29, 1.82) is 0 Å². The van der Waals surface area contributed by atoms with E-state index in [0.29, 0.717) is 27.8 Å². The fraction of sp³-hybridized carbons (Fsp3) is 0.241. The molecule has 0 atom stereocenters. The first-order valence-electron chi connectivity index (χ1n) is 14.0. The van der Waals surface area contributed by atoms with Crippen molar-refractivity contribution < 1.29 is 14.0 Å². The van der Waals surface area contributed by atoms with E-state index in [4.69, 9.17) is 14.0 Å². The molecule has 2 aromatic carbocycles. The van der Waals surface area contributed by atoms with Gasteiger partial charge in [0.25, 0.3) is 0 Å². The van der Waals surface area contributed by atoms with Crippen molar-refractivity contribution in [3.63, 3.8) is 0 Å². The summed E-state index contributed by atoms with van der Waals surface area (Å²) in [5.41, 5.74) is 1.39. The Hall–Kier alpha value is -3.46. The van der Waals surface area contributed by atoms with Crippen molar-refractivity contribution in [2.45, 2.75) is 40.4 Å². The summed E-state index contributed by atoms with van der Waals surface area (Å²) in [6.07, 6.45) is -2.57. The van der Waals surface area contributed by atoms with Crippen LogP contribution in [-0.4, -0.2) is 9.97 Å². The predicted molar refractivity (Wildman–Crippen MR) is 132 cm³/mol. The lowest BCUT2D eigenvalue weighted by Crippen LogP contribution is -2.10. The zero-order valence-electron chi connectivity index (χ0n) is 25.2. The van der Waals surface area contributed by atoms with Crippen LogP contribution in [0.3, 0.4) is 0 Å². The van der Waals surface area contributed by atoms with Crippen molar-refractivity contribution in [3.8, 4) is 11.3 Å². The van der Waals surface area contributed by atoms with Gasteiger partial charge in [-0.1, -0.05) is 63.2 Å². The van der Waals surface area contributed by atoms with Crippen molar-refractivity contribution in [1.82, 2.24) is 9.97 Å². The number of para-hydroxylation sites is 1. The fourth-order valence-electron chi connectivity index (χ4n) is 3.73. The molecule has 0 bridgehead atoms. The first-order chi connectivity index (χ1) is 18.1. The third-order valence-electron chi connectivity index (χ3n) is 5.10. The molecule has 3 heterocycles. The monoisotopic (exact) mass is 427 g/mol. The Morgan fingerprint density at radius 3 is 2.59 bits per heavy atom. The summed E-state index contributed by atoms with van der Waals surface area (Å²) in [5.74, 6) is 0. The lowest BCUT2D eigenvalue weighted by molar-refractivity contribution is 0.410. The number of rotatable bonds is 4. The molecular formula is C29H28N2O. The first-order valence-corrected chi connectivity index (χ1v) is 10.5. The molecule has 5 rings (SSSR count). The van der Waals surface area contributed by atoms with E-state index in [-0.39, 0.29) is 22.5 Å². The number of pyridine rings is 2. The SMILES string of the molecule is [2H]C([2H])([2H])c1cnc(-c2cccc3c2oc2nc(C([2H])([2H])c4ccccc4)ccc23)cc1C([2H])([2H])C(C)(C)C. The van der Waals surface area contributed by atoms with E-state index >= 15 is 0 Å². The summed E-state index contributed by atoms with van der Waals surface area (Å²) >= 11 is 0. The quantitative estimate of drug-likeness (QED) is 0.297. The van der Waals surface area contributed by atoms with Crippen molar-refractivity contribution >= 4 is 22.1 Å². The van der Waals surface area contributed by atoms with Crippen LogP contribution < -0.4 is 0 Å². The Bertz CT molecular complexity index is 1680. The highest BCUT2D eigenvalue weighted by Crippen LogP contribution is 2.35. The van der Waals surface area contributed by atoms with Gasteiger partial charge in [0.15, 0.2) is 0 Å². The lowest BCUT2D eigenvalue weighted by Gasteiger charge is -2.20. The van der Waals surface area contributed by atoms with Crippen LogP contribution in [0.5, 0.6) is 0 Å². The van der Waals surface area contributed by atoms with Crippen molar-refractivity contribution in [3.05, 3.63) is 95.3 Å². The highest BCUT2D eigenvalue weighted by molar-refractivity contribution is 6.08. The molecule has 3 aromatic heterocycles. The Balaban J connectivity index is 1.69. The number of furan rings is 1.